The summed E-state index contributed by atoms with van der Waals surface area (Å²) >= 11 is 0. The Morgan fingerprint density at radius 2 is 1.77 bits per heavy atom. The Labute approximate surface area is 202 Å². The van der Waals surface area contributed by atoms with Crippen LogP contribution < -0.4 is 4.90 Å². The van der Waals surface area contributed by atoms with Gasteiger partial charge in [0.2, 0.25) is 0 Å². The lowest BCUT2D eigenvalue weighted by atomic mass is 10.1. The molecular formula is C23H30FN7O4. The normalized spacial score (nSPS) is 11.8. The molecule has 12 heteroatoms. The number of hydrogen-bond acceptors (Lipinski definition) is 8. The number of hydrogen-bond donors (Lipinski definition) is 0. The highest BCUT2D eigenvalue weighted by atomic mass is 19.1. The van der Waals surface area contributed by atoms with Crippen LogP contribution >= 0.6 is 0 Å². The Bertz CT molecular complexity index is 1120. The fourth-order valence-electron chi connectivity index (χ4n) is 2.65. The van der Waals surface area contributed by atoms with Crippen molar-refractivity contribution in [2.45, 2.75) is 52.1 Å². The van der Waals surface area contributed by atoms with Gasteiger partial charge in [0.25, 0.3) is 5.91 Å². The number of methoxy groups -OCH3 is 1. The summed E-state index contributed by atoms with van der Waals surface area (Å²) in [5.41, 5.74) is 0.738. The van der Waals surface area contributed by atoms with Crippen molar-refractivity contribution < 1.29 is 23.5 Å². The first-order chi connectivity index (χ1) is 16.6. The van der Waals surface area contributed by atoms with Crippen molar-refractivity contribution in [3.8, 4) is 0 Å². The number of aromatic nitrogens is 6. The van der Waals surface area contributed by atoms with E-state index in [9.17, 15) is 18.8 Å². The van der Waals surface area contributed by atoms with E-state index in [1.165, 1.54) is 33.7 Å². The molecule has 2 heterocycles. The summed E-state index contributed by atoms with van der Waals surface area (Å²) in [6.07, 6.45) is 2.96. The first-order valence-corrected chi connectivity index (χ1v) is 10.8. The van der Waals surface area contributed by atoms with Gasteiger partial charge in [0.15, 0.2) is 18.4 Å². The molecule has 0 saturated heterocycles. The second-order valence-electron chi connectivity index (χ2n) is 8.59. The smallest absolute Gasteiger partial charge is 0.259 e. The topological polar surface area (TPSA) is 125 Å². The molecule has 0 fully saturated rings. The third-order valence-corrected chi connectivity index (χ3v) is 4.84. The van der Waals surface area contributed by atoms with Gasteiger partial charge in [-0.15, -0.1) is 10.2 Å². The van der Waals surface area contributed by atoms with Gasteiger partial charge in [-0.05, 0) is 26.8 Å². The number of anilines is 1. The molecule has 2 aromatic heterocycles. The van der Waals surface area contributed by atoms with Crippen molar-refractivity contribution in [1.29, 1.82) is 0 Å². The molecule has 35 heavy (non-hydrogen) atoms. The van der Waals surface area contributed by atoms with E-state index < -0.39 is 12.1 Å². The molecule has 188 valence electrons. The van der Waals surface area contributed by atoms with E-state index in [0.717, 1.165) is 0 Å². The number of nitrogens with zero attached hydrogens (tertiary/aromatic N) is 7. The maximum atomic E-state index is 14.3. The highest BCUT2D eigenvalue weighted by Crippen LogP contribution is 2.15. The lowest BCUT2D eigenvalue weighted by molar-refractivity contribution is 0.0397. The van der Waals surface area contributed by atoms with Crippen LogP contribution in [0, 0.1) is 0 Å². The minimum Gasteiger partial charge on any atom is -0.379 e. The molecule has 0 aliphatic heterocycles. The van der Waals surface area contributed by atoms with Gasteiger partial charge in [-0.3, -0.25) is 24.0 Å². The molecule has 0 spiro atoms. The van der Waals surface area contributed by atoms with Crippen LogP contribution in [-0.2, 0) is 17.8 Å². The summed E-state index contributed by atoms with van der Waals surface area (Å²) in [4.78, 5) is 35.6. The van der Waals surface area contributed by atoms with E-state index in [0.29, 0.717) is 12.6 Å². The third-order valence-electron chi connectivity index (χ3n) is 4.84. The molecule has 0 aliphatic carbocycles. The van der Waals surface area contributed by atoms with Gasteiger partial charge in [-0.1, -0.05) is 28.6 Å². The minimum atomic E-state index is -1.25. The Morgan fingerprint density at radius 3 is 2.37 bits per heavy atom. The number of halogens is 1. The Balaban J connectivity index is 0.000000641. The monoisotopic (exact) mass is 487 g/mol. The van der Waals surface area contributed by atoms with Crippen LogP contribution in [0.5, 0.6) is 0 Å². The Kier molecular flexibility index (Phi) is 9.88. The molecule has 1 unspecified atom stereocenters. The average molecular weight is 488 g/mol. The maximum absolute atomic E-state index is 14.3. The van der Waals surface area contributed by atoms with Crippen LogP contribution in [0.25, 0.3) is 0 Å². The van der Waals surface area contributed by atoms with E-state index in [4.69, 9.17) is 4.74 Å². The second-order valence-corrected chi connectivity index (χ2v) is 8.59. The number of ether oxygens (including phenoxy) is 1. The molecule has 1 atom stereocenters. The van der Waals surface area contributed by atoms with Crippen molar-refractivity contribution in [2.24, 2.45) is 0 Å². The van der Waals surface area contributed by atoms with E-state index >= 15 is 0 Å². The van der Waals surface area contributed by atoms with Crippen LogP contribution in [0.2, 0.25) is 0 Å². The fraction of sp³-hybridized carbons (Fsp3) is 0.435. The number of rotatable bonds is 9. The summed E-state index contributed by atoms with van der Waals surface area (Å²) in [6.45, 7) is 6.26. The van der Waals surface area contributed by atoms with Gasteiger partial charge in [0.05, 0.1) is 30.1 Å². The number of alkyl halides is 1. The molecule has 0 bridgehead atoms. The predicted octanol–water partition coefficient (Wildman–Crippen LogP) is 2.63. The van der Waals surface area contributed by atoms with Gasteiger partial charge in [0.1, 0.15) is 11.9 Å². The Morgan fingerprint density at radius 1 is 1.11 bits per heavy atom. The maximum Gasteiger partial charge on any atom is 0.259 e. The average Bonchev–Trinajstić information content (AvgIpc) is 3.51. The molecule has 3 rings (SSSR count). The second kappa shape index (κ2) is 12.6. The van der Waals surface area contributed by atoms with Gasteiger partial charge in [-0.25, -0.2) is 9.07 Å². The number of aryl methyl sites for hydroxylation is 1. The van der Waals surface area contributed by atoms with Gasteiger partial charge in [0, 0.05) is 32.7 Å². The van der Waals surface area contributed by atoms with Crippen LogP contribution in [0.1, 0.15) is 58.4 Å². The number of benzene rings is 1. The number of aldehydes is 2. The molecule has 0 radical (unpaired) electrons. The highest BCUT2D eigenvalue weighted by Gasteiger charge is 2.20. The van der Waals surface area contributed by atoms with Crippen LogP contribution in [0.3, 0.4) is 0 Å². The largest absolute Gasteiger partial charge is 0.379 e. The zero-order valence-corrected chi connectivity index (χ0v) is 20.5. The standard InChI is InChI=1S/C18H18FN7O3.C5H12O/c1-24(18(29)16-5-3-2-4-13(16)11-27)17-10-26(23-21-17)8-14(19)6-7-25-9-15(12-28)20-22-25;1-5(2,3)6-4/h2-5,9-12,14H,6-8H2,1H3;1-4H3. The molecule has 1 aromatic carbocycles. The van der Waals surface area contributed by atoms with E-state index in [1.54, 1.807) is 31.4 Å². The van der Waals surface area contributed by atoms with Crippen molar-refractivity contribution in [2.75, 3.05) is 19.1 Å². The summed E-state index contributed by atoms with van der Waals surface area (Å²) in [5, 5.41) is 15.1. The van der Waals surface area contributed by atoms with E-state index in [1.807, 2.05) is 20.8 Å². The zero-order chi connectivity index (χ0) is 26.0. The van der Waals surface area contributed by atoms with Crippen molar-refractivity contribution >= 4 is 24.3 Å². The fourth-order valence-corrected chi connectivity index (χ4v) is 2.65. The third kappa shape index (κ3) is 8.49. The van der Waals surface area contributed by atoms with Crippen molar-refractivity contribution in [3.63, 3.8) is 0 Å². The predicted molar refractivity (Wildman–Crippen MR) is 126 cm³/mol. The summed E-state index contributed by atoms with van der Waals surface area (Å²) in [5.74, 6) is -0.191. The summed E-state index contributed by atoms with van der Waals surface area (Å²) < 4.78 is 21.9. The molecular weight excluding hydrogens is 457 g/mol. The summed E-state index contributed by atoms with van der Waals surface area (Å²) in [6, 6.07) is 6.42. The number of carbonyl (C=O) groups excluding carboxylic acids is 3. The van der Waals surface area contributed by atoms with E-state index in [2.05, 4.69) is 20.6 Å². The molecule has 3 aromatic rings. The van der Waals surface area contributed by atoms with Gasteiger partial charge >= 0.3 is 0 Å². The minimum absolute atomic E-state index is 0.0417. The zero-order valence-electron chi connectivity index (χ0n) is 20.5. The van der Waals surface area contributed by atoms with Crippen LogP contribution in [-0.4, -0.2) is 74.4 Å². The Hall–Kier alpha value is -3.80. The number of carbonyl (C=O) groups is 3. The van der Waals surface area contributed by atoms with E-state index in [-0.39, 0.29) is 47.8 Å². The van der Waals surface area contributed by atoms with Gasteiger partial charge < -0.3 is 4.74 Å². The summed E-state index contributed by atoms with van der Waals surface area (Å²) in [7, 11) is 3.21. The lowest BCUT2D eigenvalue weighted by Gasteiger charge is -2.14. The van der Waals surface area contributed by atoms with Crippen molar-refractivity contribution in [1.82, 2.24) is 30.0 Å². The molecule has 0 aliphatic rings. The van der Waals surface area contributed by atoms with Crippen LogP contribution in [0.15, 0.2) is 36.7 Å². The first-order valence-electron chi connectivity index (χ1n) is 10.8. The highest BCUT2D eigenvalue weighted by molar-refractivity contribution is 6.09. The van der Waals surface area contributed by atoms with Crippen molar-refractivity contribution in [3.05, 3.63) is 53.5 Å². The van der Waals surface area contributed by atoms with Crippen LogP contribution in [0.4, 0.5) is 10.2 Å². The molecule has 0 N–H and O–H groups in total. The first kappa shape index (κ1) is 27.4. The quantitative estimate of drug-likeness (QED) is 0.422. The molecule has 0 saturated carbocycles. The SMILES string of the molecule is CN(C(=O)c1ccccc1C=O)c1cn(CC(F)CCn2cc(C=O)nn2)nn1.COC(C)(C)C. The van der Waals surface area contributed by atoms with Gasteiger partial charge in [-0.2, -0.15) is 0 Å². The lowest BCUT2D eigenvalue weighted by Crippen LogP contribution is -2.27. The molecule has 11 nitrogen and oxygen atoms in total. The molecule has 1 amide bonds. The number of amides is 1.